The van der Waals surface area contributed by atoms with E-state index >= 15 is 0 Å². The molecule has 0 saturated heterocycles. The summed E-state index contributed by atoms with van der Waals surface area (Å²) in [6, 6.07) is 19.7. The highest BCUT2D eigenvalue weighted by Gasteiger charge is 2.13. The molecule has 3 rings (SSSR count). The summed E-state index contributed by atoms with van der Waals surface area (Å²) in [5, 5.41) is 13.1. The van der Waals surface area contributed by atoms with Crippen LogP contribution in [0.4, 0.5) is 0 Å². The molecule has 1 amide bonds. The highest BCUT2D eigenvalue weighted by molar-refractivity contribution is 6.42. The molecule has 3 aromatic rings. The van der Waals surface area contributed by atoms with Gasteiger partial charge in [-0.25, -0.2) is 4.79 Å². The van der Waals surface area contributed by atoms with Crippen LogP contribution in [0, 0.1) is 0 Å². The Morgan fingerprint density at radius 2 is 1.61 bits per heavy atom. The Labute approximate surface area is 172 Å². The van der Waals surface area contributed by atoms with Crippen LogP contribution in [0.2, 0.25) is 10.0 Å². The molecule has 0 aromatic heterocycles. The molecule has 6 heteroatoms. The number of rotatable bonds is 6. The van der Waals surface area contributed by atoms with Crippen molar-refractivity contribution in [1.29, 1.82) is 0 Å². The number of carboxylic acid groups (broad SMARTS) is 1. The van der Waals surface area contributed by atoms with Gasteiger partial charge in [-0.3, -0.25) is 4.79 Å². The topological polar surface area (TPSA) is 66.4 Å². The Morgan fingerprint density at radius 3 is 2.29 bits per heavy atom. The van der Waals surface area contributed by atoms with Gasteiger partial charge in [-0.1, -0.05) is 71.7 Å². The minimum Gasteiger partial charge on any atom is -0.478 e. The smallest absolute Gasteiger partial charge is 0.336 e. The van der Waals surface area contributed by atoms with Crippen molar-refractivity contribution in [2.45, 2.75) is 13.0 Å². The number of halogens is 2. The van der Waals surface area contributed by atoms with Crippen molar-refractivity contribution in [2.75, 3.05) is 0 Å². The van der Waals surface area contributed by atoms with Crippen LogP contribution in [0.25, 0.3) is 11.1 Å². The van der Waals surface area contributed by atoms with Gasteiger partial charge in [0, 0.05) is 6.54 Å². The molecule has 4 nitrogen and oxygen atoms in total. The fourth-order valence-electron chi connectivity index (χ4n) is 2.83. The standard InChI is InChI=1S/C22H17Cl2NO3/c23-19-9-6-14(10-20(19)24)11-21(26)25-13-17-8-7-16(12-18(17)22(27)28)15-4-2-1-3-5-15/h1-10,12H,11,13H2,(H,25,26)(H,27,28). The molecule has 0 radical (unpaired) electrons. The van der Waals surface area contributed by atoms with Crippen LogP contribution >= 0.6 is 23.2 Å². The SMILES string of the molecule is O=C(Cc1ccc(Cl)c(Cl)c1)NCc1ccc(-c2ccccc2)cc1C(=O)O. The number of aromatic carboxylic acids is 1. The molecule has 0 bridgehead atoms. The van der Waals surface area contributed by atoms with E-state index in [9.17, 15) is 14.7 Å². The normalized spacial score (nSPS) is 10.5. The lowest BCUT2D eigenvalue weighted by Crippen LogP contribution is -2.25. The van der Waals surface area contributed by atoms with Crippen molar-refractivity contribution >= 4 is 35.1 Å². The van der Waals surface area contributed by atoms with Crippen LogP contribution in [0.1, 0.15) is 21.5 Å². The van der Waals surface area contributed by atoms with Crippen LogP contribution < -0.4 is 5.32 Å². The Hall–Kier alpha value is -2.82. The van der Waals surface area contributed by atoms with Gasteiger partial charge < -0.3 is 10.4 Å². The summed E-state index contributed by atoms with van der Waals surface area (Å²) in [5.41, 5.74) is 3.17. The number of benzene rings is 3. The average Bonchev–Trinajstić information content (AvgIpc) is 2.69. The molecule has 28 heavy (non-hydrogen) atoms. The summed E-state index contributed by atoms with van der Waals surface area (Å²) >= 11 is 11.8. The van der Waals surface area contributed by atoms with Gasteiger partial charge in [0.15, 0.2) is 0 Å². The molecule has 0 saturated carbocycles. The average molecular weight is 414 g/mol. The number of amides is 1. The van der Waals surface area contributed by atoms with Crippen LogP contribution in [0.5, 0.6) is 0 Å². The molecular weight excluding hydrogens is 397 g/mol. The second-order valence-electron chi connectivity index (χ2n) is 6.25. The van der Waals surface area contributed by atoms with E-state index in [1.54, 1.807) is 30.3 Å². The van der Waals surface area contributed by atoms with Gasteiger partial charge in [-0.05, 0) is 40.5 Å². The number of carboxylic acids is 1. The molecule has 0 fully saturated rings. The molecule has 0 aliphatic carbocycles. The van der Waals surface area contributed by atoms with E-state index in [0.717, 1.165) is 16.7 Å². The Bertz CT molecular complexity index is 1020. The van der Waals surface area contributed by atoms with Crippen molar-refractivity contribution in [3.8, 4) is 11.1 Å². The highest BCUT2D eigenvalue weighted by atomic mass is 35.5. The first kappa shape index (κ1) is 19.9. The maximum atomic E-state index is 12.2. The lowest BCUT2D eigenvalue weighted by Gasteiger charge is -2.11. The summed E-state index contributed by atoms with van der Waals surface area (Å²) < 4.78 is 0. The third kappa shape index (κ3) is 4.91. The van der Waals surface area contributed by atoms with Gasteiger partial charge in [0.1, 0.15) is 0 Å². The van der Waals surface area contributed by atoms with Crippen molar-refractivity contribution < 1.29 is 14.7 Å². The molecule has 3 aromatic carbocycles. The van der Waals surface area contributed by atoms with E-state index in [2.05, 4.69) is 5.32 Å². The number of hydrogen-bond donors (Lipinski definition) is 2. The first-order valence-corrected chi connectivity index (χ1v) is 9.32. The molecule has 0 unspecified atom stereocenters. The Balaban J connectivity index is 1.72. The van der Waals surface area contributed by atoms with E-state index in [1.165, 1.54) is 0 Å². The van der Waals surface area contributed by atoms with Crippen LogP contribution in [-0.4, -0.2) is 17.0 Å². The van der Waals surface area contributed by atoms with Crippen molar-refractivity contribution in [1.82, 2.24) is 5.32 Å². The monoisotopic (exact) mass is 413 g/mol. The van der Waals surface area contributed by atoms with Gasteiger partial charge in [-0.2, -0.15) is 0 Å². The van der Waals surface area contributed by atoms with Crippen LogP contribution in [0.15, 0.2) is 66.7 Å². The number of hydrogen-bond acceptors (Lipinski definition) is 2. The van der Waals surface area contributed by atoms with E-state index in [4.69, 9.17) is 23.2 Å². The van der Waals surface area contributed by atoms with Gasteiger partial charge in [0.05, 0.1) is 22.0 Å². The molecule has 0 aliphatic heterocycles. The summed E-state index contributed by atoms with van der Waals surface area (Å²) in [5.74, 6) is -1.27. The predicted octanol–water partition coefficient (Wildman–Crippen LogP) is 5.22. The lowest BCUT2D eigenvalue weighted by molar-refractivity contribution is -0.120. The van der Waals surface area contributed by atoms with E-state index in [0.29, 0.717) is 15.6 Å². The molecule has 0 aliphatic rings. The fraction of sp³-hybridized carbons (Fsp3) is 0.0909. The maximum Gasteiger partial charge on any atom is 0.336 e. The summed E-state index contributed by atoms with van der Waals surface area (Å²) in [6.45, 7) is 0.122. The zero-order valence-corrected chi connectivity index (χ0v) is 16.3. The van der Waals surface area contributed by atoms with E-state index in [1.807, 2.05) is 36.4 Å². The first-order chi connectivity index (χ1) is 13.4. The van der Waals surface area contributed by atoms with E-state index in [-0.39, 0.29) is 24.4 Å². The Morgan fingerprint density at radius 1 is 0.857 bits per heavy atom. The maximum absolute atomic E-state index is 12.2. The molecule has 0 atom stereocenters. The second-order valence-corrected chi connectivity index (χ2v) is 7.06. The van der Waals surface area contributed by atoms with Gasteiger partial charge in [0.2, 0.25) is 5.91 Å². The zero-order valence-electron chi connectivity index (χ0n) is 14.8. The number of nitrogens with one attached hydrogen (secondary N) is 1. The second kappa shape index (κ2) is 8.91. The summed E-state index contributed by atoms with van der Waals surface area (Å²) in [6.07, 6.45) is 0.126. The third-order valence-corrected chi connectivity index (χ3v) is 5.01. The van der Waals surface area contributed by atoms with Gasteiger partial charge in [0.25, 0.3) is 0 Å². The summed E-state index contributed by atoms with van der Waals surface area (Å²) in [7, 11) is 0. The quantitative estimate of drug-likeness (QED) is 0.582. The zero-order chi connectivity index (χ0) is 20.1. The Kier molecular flexibility index (Phi) is 6.34. The minimum absolute atomic E-state index is 0.122. The van der Waals surface area contributed by atoms with Crippen LogP contribution in [0.3, 0.4) is 0 Å². The van der Waals surface area contributed by atoms with E-state index < -0.39 is 5.97 Å². The van der Waals surface area contributed by atoms with Crippen LogP contribution in [-0.2, 0) is 17.8 Å². The largest absolute Gasteiger partial charge is 0.478 e. The molecular formula is C22H17Cl2NO3. The molecule has 0 spiro atoms. The predicted molar refractivity (Wildman–Crippen MR) is 111 cm³/mol. The van der Waals surface area contributed by atoms with Gasteiger partial charge >= 0.3 is 5.97 Å². The van der Waals surface area contributed by atoms with Crippen molar-refractivity contribution in [3.63, 3.8) is 0 Å². The molecule has 2 N–H and O–H groups in total. The molecule has 142 valence electrons. The lowest BCUT2D eigenvalue weighted by atomic mass is 9.99. The first-order valence-electron chi connectivity index (χ1n) is 8.56. The van der Waals surface area contributed by atoms with Gasteiger partial charge in [-0.15, -0.1) is 0 Å². The number of carbonyl (C=O) groups excluding carboxylic acids is 1. The highest BCUT2D eigenvalue weighted by Crippen LogP contribution is 2.24. The van der Waals surface area contributed by atoms with Crippen molar-refractivity contribution in [3.05, 3.63) is 93.5 Å². The molecule has 0 heterocycles. The fourth-order valence-corrected chi connectivity index (χ4v) is 3.15. The van der Waals surface area contributed by atoms with Crippen molar-refractivity contribution in [2.24, 2.45) is 0 Å². The number of carbonyl (C=O) groups is 2. The summed E-state index contributed by atoms with van der Waals surface area (Å²) in [4.78, 5) is 23.9. The minimum atomic E-state index is -1.04. The third-order valence-electron chi connectivity index (χ3n) is 4.27.